The predicted molar refractivity (Wildman–Crippen MR) is 71.0 cm³/mol. The van der Waals surface area contributed by atoms with Gasteiger partial charge in [-0.2, -0.15) is 0 Å². The average Bonchev–Trinajstić information content (AvgIpc) is 2.67. The SMILES string of the molecule is CNC1CCN(Cc2ccc(C)s2)C(C)C1. The van der Waals surface area contributed by atoms with Crippen molar-refractivity contribution in [1.82, 2.24) is 10.2 Å². The van der Waals surface area contributed by atoms with Crippen LogP contribution in [0.4, 0.5) is 0 Å². The zero-order valence-corrected chi connectivity index (χ0v) is 11.3. The lowest BCUT2D eigenvalue weighted by Crippen LogP contribution is -2.45. The number of likely N-dealkylation sites (tertiary alicyclic amines) is 1. The molecule has 3 heteroatoms. The molecule has 2 atom stereocenters. The summed E-state index contributed by atoms with van der Waals surface area (Å²) in [4.78, 5) is 5.54. The highest BCUT2D eigenvalue weighted by molar-refractivity contribution is 7.11. The highest BCUT2D eigenvalue weighted by Crippen LogP contribution is 2.23. The standard InChI is InChI=1S/C13H22N2S/c1-10-8-12(14-3)6-7-15(10)9-13-5-4-11(2)16-13/h4-5,10,12,14H,6-9H2,1-3H3. The van der Waals surface area contributed by atoms with E-state index in [9.17, 15) is 0 Å². The quantitative estimate of drug-likeness (QED) is 0.871. The van der Waals surface area contributed by atoms with Crippen molar-refractivity contribution in [3.8, 4) is 0 Å². The summed E-state index contributed by atoms with van der Waals surface area (Å²) in [6, 6.07) is 5.92. The van der Waals surface area contributed by atoms with E-state index < -0.39 is 0 Å². The van der Waals surface area contributed by atoms with Crippen LogP contribution in [0.25, 0.3) is 0 Å². The van der Waals surface area contributed by atoms with Gasteiger partial charge in [-0.3, -0.25) is 4.90 Å². The second-order valence-corrected chi connectivity index (χ2v) is 6.21. The second-order valence-electron chi connectivity index (χ2n) is 4.84. The van der Waals surface area contributed by atoms with Crippen LogP contribution in [-0.4, -0.2) is 30.6 Å². The highest BCUT2D eigenvalue weighted by atomic mass is 32.1. The molecule has 2 nitrogen and oxygen atoms in total. The van der Waals surface area contributed by atoms with E-state index >= 15 is 0 Å². The maximum atomic E-state index is 3.40. The molecule has 0 radical (unpaired) electrons. The Balaban J connectivity index is 1.91. The summed E-state index contributed by atoms with van der Waals surface area (Å²) in [5.41, 5.74) is 0. The van der Waals surface area contributed by atoms with E-state index in [1.54, 1.807) is 0 Å². The smallest absolute Gasteiger partial charge is 0.0330 e. The summed E-state index contributed by atoms with van der Waals surface area (Å²) in [5, 5.41) is 3.40. The number of hydrogen-bond acceptors (Lipinski definition) is 3. The number of thiophene rings is 1. The average molecular weight is 238 g/mol. The van der Waals surface area contributed by atoms with Gasteiger partial charge in [-0.25, -0.2) is 0 Å². The molecule has 0 saturated carbocycles. The molecule has 0 amide bonds. The molecule has 0 spiro atoms. The molecule has 2 heterocycles. The molecule has 1 saturated heterocycles. The van der Waals surface area contributed by atoms with Crippen LogP contribution in [0.5, 0.6) is 0 Å². The van der Waals surface area contributed by atoms with Crippen molar-refractivity contribution >= 4 is 11.3 Å². The fraction of sp³-hybridized carbons (Fsp3) is 0.692. The summed E-state index contributed by atoms with van der Waals surface area (Å²) in [6.45, 7) is 6.90. The molecule has 0 bridgehead atoms. The van der Waals surface area contributed by atoms with Gasteiger partial charge in [0.15, 0.2) is 0 Å². The van der Waals surface area contributed by atoms with E-state index in [4.69, 9.17) is 0 Å². The maximum Gasteiger partial charge on any atom is 0.0330 e. The van der Waals surface area contributed by atoms with Crippen molar-refractivity contribution in [2.24, 2.45) is 0 Å². The molecule has 2 unspecified atom stereocenters. The highest BCUT2D eigenvalue weighted by Gasteiger charge is 2.24. The third-order valence-electron chi connectivity index (χ3n) is 3.58. The predicted octanol–water partition coefficient (Wildman–Crippen LogP) is 2.63. The number of aryl methyl sites for hydroxylation is 1. The van der Waals surface area contributed by atoms with Crippen LogP contribution >= 0.6 is 11.3 Å². The molecule has 1 fully saturated rings. The lowest BCUT2D eigenvalue weighted by atomic mass is 9.98. The van der Waals surface area contributed by atoms with Crippen LogP contribution < -0.4 is 5.32 Å². The second kappa shape index (κ2) is 5.30. The topological polar surface area (TPSA) is 15.3 Å². The van der Waals surface area contributed by atoms with Gasteiger partial charge in [-0.05, 0) is 45.9 Å². The molecule has 2 rings (SSSR count). The van der Waals surface area contributed by atoms with Gasteiger partial charge in [0.05, 0.1) is 0 Å². The maximum absolute atomic E-state index is 3.40. The van der Waals surface area contributed by atoms with Crippen LogP contribution in [0.2, 0.25) is 0 Å². The molecule has 0 aromatic carbocycles. The molecule has 0 aliphatic carbocycles. The Morgan fingerprint density at radius 1 is 1.50 bits per heavy atom. The van der Waals surface area contributed by atoms with Crippen LogP contribution in [0.15, 0.2) is 12.1 Å². The van der Waals surface area contributed by atoms with E-state index in [1.165, 1.54) is 29.1 Å². The van der Waals surface area contributed by atoms with Gasteiger partial charge in [-0.15, -0.1) is 11.3 Å². The Bertz CT molecular complexity index is 334. The number of piperidine rings is 1. The first-order valence-corrected chi connectivity index (χ1v) is 6.97. The molecular weight excluding hydrogens is 216 g/mol. The summed E-state index contributed by atoms with van der Waals surface area (Å²) in [6.07, 6.45) is 2.56. The van der Waals surface area contributed by atoms with E-state index in [0.717, 1.165) is 12.6 Å². The Morgan fingerprint density at radius 3 is 2.88 bits per heavy atom. The zero-order chi connectivity index (χ0) is 11.5. The van der Waals surface area contributed by atoms with Crippen molar-refractivity contribution in [1.29, 1.82) is 0 Å². The molecular formula is C13H22N2S. The summed E-state index contributed by atoms with van der Waals surface area (Å²) < 4.78 is 0. The van der Waals surface area contributed by atoms with Crippen LogP contribution in [0, 0.1) is 6.92 Å². The van der Waals surface area contributed by atoms with Gasteiger partial charge in [0, 0.05) is 34.9 Å². The minimum atomic E-state index is 0.702. The Hall–Kier alpha value is -0.380. The van der Waals surface area contributed by atoms with E-state index in [1.807, 2.05) is 11.3 Å². The molecule has 1 aromatic heterocycles. The Kier molecular flexibility index (Phi) is 4.00. The lowest BCUT2D eigenvalue weighted by Gasteiger charge is -2.37. The van der Waals surface area contributed by atoms with Gasteiger partial charge in [0.2, 0.25) is 0 Å². The molecule has 1 aliphatic rings. The van der Waals surface area contributed by atoms with Crippen molar-refractivity contribution in [2.75, 3.05) is 13.6 Å². The molecule has 90 valence electrons. The van der Waals surface area contributed by atoms with Gasteiger partial charge in [-0.1, -0.05) is 0 Å². The van der Waals surface area contributed by atoms with Gasteiger partial charge in [0.1, 0.15) is 0 Å². The van der Waals surface area contributed by atoms with Crippen molar-refractivity contribution in [3.63, 3.8) is 0 Å². The number of nitrogens with zero attached hydrogens (tertiary/aromatic N) is 1. The number of hydrogen-bond donors (Lipinski definition) is 1. The third kappa shape index (κ3) is 2.84. The van der Waals surface area contributed by atoms with Crippen molar-refractivity contribution in [3.05, 3.63) is 21.9 Å². The summed E-state index contributed by atoms with van der Waals surface area (Å²) in [7, 11) is 2.08. The van der Waals surface area contributed by atoms with Crippen LogP contribution in [0.3, 0.4) is 0 Å². The number of nitrogens with one attached hydrogen (secondary N) is 1. The van der Waals surface area contributed by atoms with E-state index in [-0.39, 0.29) is 0 Å². The van der Waals surface area contributed by atoms with E-state index in [0.29, 0.717) is 6.04 Å². The van der Waals surface area contributed by atoms with Crippen molar-refractivity contribution in [2.45, 2.75) is 45.3 Å². The zero-order valence-electron chi connectivity index (χ0n) is 10.5. The minimum Gasteiger partial charge on any atom is -0.317 e. The van der Waals surface area contributed by atoms with Crippen LogP contribution in [0.1, 0.15) is 29.5 Å². The Labute approximate surface area is 103 Å². The molecule has 1 N–H and O–H groups in total. The minimum absolute atomic E-state index is 0.702. The molecule has 16 heavy (non-hydrogen) atoms. The summed E-state index contributed by atoms with van der Waals surface area (Å²) in [5.74, 6) is 0. The molecule has 1 aromatic rings. The van der Waals surface area contributed by atoms with Crippen LogP contribution in [-0.2, 0) is 6.54 Å². The van der Waals surface area contributed by atoms with Gasteiger partial charge < -0.3 is 5.32 Å². The number of rotatable bonds is 3. The Morgan fingerprint density at radius 2 is 2.31 bits per heavy atom. The first kappa shape index (κ1) is 12.1. The third-order valence-corrected chi connectivity index (χ3v) is 4.56. The fourth-order valence-corrected chi connectivity index (χ4v) is 3.40. The normalized spacial score (nSPS) is 27.2. The molecule has 1 aliphatic heterocycles. The lowest BCUT2D eigenvalue weighted by molar-refractivity contribution is 0.132. The van der Waals surface area contributed by atoms with Crippen molar-refractivity contribution < 1.29 is 0 Å². The van der Waals surface area contributed by atoms with Gasteiger partial charge >= 0.3 is 0 Å². The van der Waals surface area contributed by atoms with Gasteiger partial charge in [0.25, 0.3) is 0 Å². The summed E-state index contributed by atoms with van der Waals surface area (Å²) >= 11 is 1.93. The monoisotopic (exact) mass is 238 g/mol. The largest absolute Gasteiger partial charge is 0.317 e. The fourth-order valence-electron chi connectivity index (χ4n) is 2.49. The van der Waals surface area contributed by atoms with E-state index in [2.05, 4.69) is 43.2 Å². The first-order chi connectivity index (χ1) is 7.69. The first-order valence-electron chi connectivity index (χ1n) is 6.15.